The van der Waals surface area contributed by atoms with Crippen LogP contribution in [0.15, 0.2) is 27.4 Å². The van der Waals surface area contributed by atoms with Crippen molar-refractivity contribution >= 4 is 22.7 Å². The van der Waals surface area contributed by atoms with Crippen molar-refractivity contribution in [2.24, 2.45) is 5.92 Å². The first-order valence-electron chi connectivity index (χ1n) is 6.03. The standard InChI is InChI=1S/C13H14ClNO3/c1-7-9(4-5-17-7)12(14)8-2-3-10-11(6-8)18-13(16)15-10/h2-3,6-7,9,12H,4-5H2,1H3,(H,15,16). The molecule has 3 unspecified atom stereocenters. The smallest absolute Gasteiger partial charge is 0.408 e. The van der Waals surface area contributed by atoms with Crippen LogP contribution in [0.25, 0.3) is 11.1 Å². The summed E-state index contributed by atoms with van der Waals surface area (Å²) in [5, 5.41) is -0.118. The van der Waals surface area contributed by atoms with Gasteiger partial charge in [-0.3, -0.25) is 4.98 Å². The second-order valence-electron chi connectivity index (χ2n) is 4.70. The number of oxazole rings is 1. The maximum Gasteiger partial charge on any atom is 0.417 e. The summed E-state index contributed by atoms with van der Waals surface area (Å²) in [5.41, 5.74) is 2.22. The number of H-pyrrole nitrogens is 1. The van der Waals surface area contributed by atoms with Crippen molar-refractivity contribution in [2.45, 2.75) is 24.8 Å². The first-order chi connectivity index (χ1) is 8.65. The van der Waals surface area contributed by atoms with Crippen LogP contribution in [0.2, 0.25) is 0 Å². The molecule has 1 fully saturated rings. The molecule has 1 N–H and O–H groups in total. The minimum atomic E-state index is -0.439. The zero-order valence-electron chi connectivity index (χ0n) is 9.98. The van der Waals surface area contributed by atoms with Gasteiger partial charge in [-0.25, -0.2) is 4.79 Å². The lowest BCUT2D eigenvalue weighted by atomic mass is 9.93. The Labute approximate surface area is 109 Å². The van der Waals surface area contributed by atoms with E-state index in [-0.39, 0.29) is 11.5 Å². The quantitative estimate of drug-likeness (QED) is 0.852. The van der Waals surface area contributed by atoms with Crippen LogP contribution in [0.3, 0.4) is 0 Å². The lowest BCUT2D eigenvalue weighted by Crippen LogP contribution is -2.16. The van der Waals surface area contributed by atoms with Crippen molar-refractivity contribution in [1.82, 2.24) is 4.98 Å². The van der Waals surface area contributed by atoms with Crippen LogP contribution in [0, 0.1) is 5.92 Å². The number of ether oxygens (including phenoxy) is 1. The van der Waals surface area contributed by atoms with Gasteiger partial charge >= 0.3 is 5.76 Å². The predicted molar refractivity (Wildman–Crippen MR) is 68.9 cm³/mol. The van der Waals surface area contributed by atoms with Gasteiger partial charge in [0.1, 0.15) is 0 Å². The third-order valence-corrected chi connectivity index (χ3v) is 4.15. The fourth-order valence-electron chi connectivity index (χ4n) is 2.51. The summed E-state index contributed by atoms with van der Waals surface area (Å²) in [6.45, 7) is 2.80. The molecule has 0 bridgehead atoms. The largest absolute Gasteiger partial charge is 0.417 e. The fraction of sp³-hybridized carbons (Fsp3) is 0.462. The molecule has 3 atom stereocenters. The maximum absolute atomic E-state index is 11.1. The average molecular weight is 268 g/mol. The molecule has 0 spiro atoms. The van der Waals surface area contributed by atoms with E-state index in [2.05, 4.69) is 4.98 Å². The molecule has 0 saturated carbocycles. The number of hydrogen-bond acceptors (Lipinski definition) is 3. The first kappa shape index (κ1) is 11.8. The van der Waals surface area contributed by atoms with Gasteiger partial charge in [-0.15, -0.1) is 11.6 Å². The van der Waals surface area contributed by atoms with Crippen LogP contribution in [0.1, 0.15) is 24.3 Å². The molecule has 2 heterocycles. The molecule has 1 aliphatic rings. The van der Waals surface area contributed by atoms with Crippen molar-refractivity contribution in [2.75, 3.05) is 6.61 Å². The second-order valence-corrected chi connectivity index (χ2v) is 5.17. The summed E-state index contributed by atoms with van der Waals surface area (Å²) in [5.74, 6) is -0.138. The van der Waals surface area contributed by atoms with E-state index in [0.717, 1.165) is 18.6 Å². The average Bonchev–Trinajstić information content (AvgIpc) is 2.91. The Kier molecular flexibility index (Phi) is 2.92. The van der Waals surface area contributed by atoms with Gasteiger partial charge in [-0.1, -0.05) is 6.07 Å². The van der Waals surface area contributed by atoms with Crippen LogP contribution in [-0.4, -0.2) is 17.7 Å². The summed E-state index contributed by atoms with van der Waals surface area (Å²) >= 11 is 6.50. The Balaban J connectivity index is 1.95. The summed E-state index contributed by atoms with van der Waals surface area (Å²) in [4.78, 5) is 13.7. The second kappa shape index (κ2) is 4.44. The topological polar surface area (TPSA) is 55.2 Å². The van der Waals surface area contributed by atoms with E-state index < -0.39 is 5.76 Å². The molecule has 1 saturated heterocycles. The number of fused-ring (bicyclic) bond motifs is 1. The van der Waals surface area contributed by atoms with Gasteiger partial charge in [0.2, 0.25) is 0 Å². The number of hydrogen-bond donors (Lipinski definition) is 1. The molecule has 18 heavy (non-hydrogen) atoms. The van der Waals surface area contributed by atoms with E-state index in [9.17, 15) is 4.79 Å². The summed E-state index contributed by atoms with van der Waals surface area (Å²) < 4.78 is 10.6. The molecule has 0 aliphatic carbocycles. The molecule has 1 aromatic heterocycles. The highest BCUT2D eigenvalue weighted by Crippen LogP contribution is 2.38. The van der Waals surface area contributed by atoms with Crippen molar-refractivity contribution in [1.29, 1.82) is 0 Å². The van der Waals surface area contributed by atoms with Crippen LogP contribution in [0.4, 0.5) is 0 Å². The molecule has 0 radical (unpaired) electrons. The molecule has 96 valence electrons. The maximum atomic E-state index is 11.1. The summed E-state index contributed by atoms with van der Waals surface area (Å²) in [6, 6.07) is 5.58. The number of halogens is 1. The minimum Gasteiger partial charge on any atom is -0.408 e. The van der Waals surface area contributed by atoms with Gasteiger partial charge in [0.05, 0.1) is 17.0 Å². The number of alkyl halides is 1. The van der Waals surface area contributed by atoms with Gasteiger partial charge in [0, 0.05) is 12.5 Å². The first-order valence-corrected chi connectivity index (χ1v) is 6.47. The molecular weight excluding hydrogens is 254 g/mol. The van der Waals surface area contributed by atoms with E-state index in [0.29, 0.717) is 17.0 Å². The number of nitrogens with one attached hydrogen (secondary N) is 1. The number of aromatic amines is 1. The number of aromatic nitrogens is 1. The third kappa shape index (κ3) is 1.95. The highest BCUT2D eigenvalue weighted by Gasteiger charge is 2.31. The van der Waals surface area contributed by atoms with Gasteiger partial charge < -0.3 is 9.15 Å². The van der Waals surface area contributed by atoms with Crippen LogP contribution in [-0.2, 0) is 4.74 Å². The Bertz CT molecular complexity index is 618. The predicted octanol–water partition coefficient (Wildman–Crippen LogP) is 2.83. The summed E-state index contributed by atoms with van der Waals surface area (Å²) in [7, 11) is 0. The normalized spacial score (nSPS) is 25.7. The number of rotatable bonds is 2. The monoisotopic (exact) mass is 267 g/mol. The Morgan fingerprint density at radius 1 is 1.50 bits per heavy atom. The zero-order chi connectivity index (χ0) is 12.7. The molecule has 1 aliphatic heterocycles. The van der Waals surface area contributed by atoms with E-state index in [4.69, 9.17) is 20.8 Å². The Morgan fingerprint density at radius 2 is 2.33 bits per heavy atom. The van der Waals surface area contributed by atoms with Crippen molar-refractivity contribution in [3.05, 3.63) is 34.3 Å². The van der Waals surface area contributed by atoms with E-state index in [1.54, 1.807) is 0 Å². The molecule has 2 aromatic rings. The van der Waals surface area contributed by atoms with Crippen LogP contribution >= 0.6 is 11.6 Å². The van der Waals surface area contributed by atoms with Gasteiger partial charge in [-0.2, -0.15) is 0 Å². The van der Waals surface area contributed by atoms with Crippen molar-refractivity contribution < 1.29 is 9.15 Å². The number of benzene rings is 1. The van der Waals surface area contributed by atoms with Gasteiger partial charge in [0.15, 0.2) is 5.58 Å². The lowest BCUT2D eigenvalue weighted by Gasteiger charge is -2.20. The summed E-state index contributed by atoms with van der Waals surface area (Å²) in [6.07, 6.45) is 1.13. The minimum absolute atomic E-state index is 0.118. The molecule has 3 rings (SSSR count). The third-order valence-electron chi connectivity index (χ3n) is 3.57. The fourth-order valence-corrected chi connectivity index (χ4v) is 2.98. The Hall–Kier alpha value is -1.26. The Morgan fingerprint density at radius 3 is 3.06 bits per heavy atom. The molecule has 0 amide bonds. The molecule has 5 heteroatoms. The van der Waals surface area contributed by atoms with E-state index in [1.807, 2.05) is 25.1 Å². The zero-order valence-corrected chi connectivity index (χ0v) is 10.7. The highest BCUT2D eigenvalue weighted by molar-refractivity contribution is 6.21. The van der Waals surface area contributed by atoms with Gasteiger partial charge in [0.25, 0.3) is 0 Å². The van der Waals surface area contributed by atoms with Crippen molar-refractivity contribution in [3.63, 3.8) is 0 Å². The van der Waals surface area contributed by atoms with Crippen LogP contribution < -0.4 is 5.76 Å². The molecule has 4 nitrogen and oxygen atoms in total. The van der Waals surface area contributed by atoms with Crippen LogP contribution in [0.5, 0.6) is 0 Å². The lowest BCUT2D eigenvalue weighted by molar-refractivity contribution is 0.105. The SMILES string of the molecule is CC1OCCC1C(Cl)c1ccc2[nH]c(=O)oc2c1. The van der Waals surface area contributed by atoms with E-state index >= 15 is 0 Å². The molecular formula is C13H14ClNO3. The van der Waals surface area contributed by atoms with E-state index in [1.165, 1.54) is 0 Å². The molecule has 1 aromatic carbocycles. The van der Waals surface area contributed by atoms with Crippen molar-refractivity contribution in [3.8, 4) is 0 Å². The van der Waals surface area contributed by atoms with Gasteiger partial charge in [-0.05, 0) is 31.0 Å². The highest BCUT2D eigenvalue weighted by atomic mass is 35.5.